The van der Waals surface area contributed by atoms with Crippen LogP contribution in [0.5, 0.6) is 0 Å². The highest BCUT2D eigenvalue weighted by molar-refractivity contribution is 6.31. The zero-order valence-corrected chi connectivity index (χ0v) is 17.5. The summed E-state index contributed by atoms with van der Waals surface area (Å²) in [5.41, 5.74) is 7.75. The number of amides is 1. The van der Waals surface area contributed by atoms with Crippen molar-refractivity contribution in [3.8, 4) is 0 Å². The summed E-state index contributed by atoms with van der Waals surface area (Å²) in [6.45, 7) is 1.18. The van der Waals surface area contributed by atoms with Crippen molar-refractivity contribution in [3.63, 3.8) is 0 Å². The molecule has 0 bridgehead atoms. The molecule has 4 rings (SSSR count). The second-order valence-electron chi connectivity index (χ2n) is 8.00. The first-order valence-electron chi connectivity index (χ1n) is 10.1. The van der Waals surface area contributed by atoms with Crippen molar-refractivity contribution >= 4 is 23.2 Å². The number of fused-ring (bicyclic) bond motifs is 1. The van der Waals surface area contributed by atoms with Crippen LogP contribution in [0.1, 0.15) is 35.1 Å². The van der Waals surface area contributed by atoms with Crippen molar-refractivity contribution in [3.05, 3.63) is 88.0 Å². The zero-order valence-electron chi connectivity index (χ0n) is 16.8. The average molecular weight is 447 g/mol. The van der Waals surface area contributed by atoms with E-state index in [1.807, 2.05) is 42.5 Å². The minimum absolute atomic E-state index is 0.102. The number of nitrogens with zero attached hydrogens (tertiary/aromatic N) is 1. The van der Waals surface area contributed by atoms with Gasteiger partial charge in [0.25, 0.3) is 0 Å². The molecule has 0 saturated heterocycles. The molecular weight excluding hydrogens is 425 g/mol. The third-order valence-electron chi connectivity index (χ3n) is 6.06. The van der Waals surface area contributed by atoms with Gasteiger partial charge in [-0.15, -0.1) is 0 Å². The Kier molecular flexibility index (Phi) is 5.60. The van der Waals surface area contributed by atoms with Crippen molar-refractivity contribution in [2.75, 3.05) is 11.4 Å². The van der Waals surface area contributed by atoms with E-state index in [1.54, 1.807) is 0 Å². The van der Waals surface area contributed by atoms with E-state index in [9.17, 15) is 18.0 Å². The van der Waals surface area contributed by atoms with Gasteiger partial charge in [-0.3, -0.25) is 4.79 Å². The second-order valence-corrected chi connectivity index (χ2v) is 8.41. The van der Waals surface area contributed by atoms with Crippen molar-refractivity contribution in [1.29, 1.82) is 0 Å². The number of carbonyl (C=O) groups is 1. The molecule has 1 unspecified atom stereocenters. The molecule has 1 atom stereocenters. The van der Waals surface area contributed by atoms with E-state index in [0.29, 0.717) is 18.5 Å². The van der Waals surface area contributed by atoms with Gasteiger partial charge in [0.05, 0.1) is 11.0 Å². The van der Waals surface area contributed by atoms with Crippen LogP contribution >= 0.6 is 11.6 Å². The Bertz CT molecular complexity index is 1080. The lowest BCUT2D eigenvalue weighted by Gasteiger charge is -2.34. The summed E-state index contributed by atoms with van der Waals surface area (Å²) in [5, 5.41) is 0.102. The number of halogens is 4. The predicted octanol–water partition coefficient (Wildman–Crippen LogP) is 5.55. The van der Waals surface area contributed by atoms with Gasteiger partial charge in [-0.05, 0) is 54.2 Å². The summed E-state index contributed by atoms with van der Waals surface area (Å²) in [7, 11) is 0. The minimum Gasteiger partial charge on any atom is -0.369 e. The molecule has 31 heavy (non-hydrogen) atoms. The number of allylic oxidation sites excluding steroid dienone is 3. The molecule has 7 heteroatoms. The van der Waals surface area contributed by atoms with Crippen LogP contribution in [0.2, 0.25) is 5.02 Å². The van der Waals surface area contributed by atoms with Gasteiger partial charge in [-0.2, -0.15) is 13.2 Å². The Morgan fingerprint density at radius 1 is 1.16 bits per heavy atom. The van der Waals surface area contributed by atoms with Crippen LogP contribution in [-0.2, 0) is 29.4 Å². The average Bonchev–Trinajstić information content (AvgIpc) is 2.74. The molecule has 1 amide bonds. The Hall–Kier alpha value is -2.73. The van der Waals surface area contributed by atoms with E-state index in [0.717, 1.165) is 48.3 Å². The van der Waals surface area contributed by atoms with E-state index < -0.39 is 23.1 Å². The molecular formula is C24H22ClF3N2O. The normalized spacial score (nSPS) is 20.6. The molecule has 162 valence electrons. The number of hydrogen-bond donors (Lipinski definition) is 1. The molecule has 2 N–H and O–H groups in total. The third-order valence-corrected chi connectivity index (χ3v) is 6.41. The Labute approximate surface area is 184 Å². The summed E-state index contributed by atoms with van der Waals surface area (Å²) in [6, 6.07) is 9.40. The smallest absolute Gasteiger partial charge is 0.369 e. The van der Waals surface area contributed by atoms with Crippen molar-refractivity contribution in [2.45, 2.75) is 37.4 Å². The first-order valence-corrected chi connectivity index (χ1v) is 10.5. The number of benzene rings is 2. The van der Waals surface area contributed by atoms with Crippen molar-refractivity contribution < 1.29 is 18.0 Å². The highest BCUT2D eigenvalue weighted by Crippen LogP contribution is 2.38. The van der Waals surface area contributed by atoms with Gasteiger partial charge in [0.2, 0.25) is 5.91 Å². The van der Waals surface area contributed by atoms with Crippen LogP contribution in [-0.4, -0.2) is 12.5 Å². The van der Waals surface area contributed by atoms with Crippen molar-refractivity contribution in [2.24, 2.45) is 5.73 Å². The highest BCUT2D eigenvalue weighted by Gasteiger charge is 2.36. The van der Waals surface area contributed by atoms with Gasteiger partial charge in [-0.1, -0.05) is 54.1 Å². The Morgan fingerprint density at radius 2 is 1.97 bits per heavy atom. The van der Waals surface area contributed by atoms with Crippen LogP contribution in [0.25, 0.3) is 0 Å². The highest BCUT2D eigenvalue weighted by atomic mass is 35.5. The molecule has 1 aliphatic carbocycles. The fourth-order valence-electron chi connectivity index (χ4n) is 4.33. The molecule has 2 aromatic rings. The van der Waals surface area contributed by atoms with Gasteiger partial charge in [0.1, 0.15) is 0 Å². The lowest BCUT2D eigenvalue weighted by Crippen LogP contribution is -2.40. The number of hydrogen-bond acceptors (Lipinski definition) is 2. The van der Waals surface area contributed by atoms with Gasteiger partial charge in [0, 0.05) is 23.8 Å². The maximum atomic E-state index is 12.9. The van der Waals surface area contributed by atoms with Crippen LogP contribution in [0.4, 0.5) is 18.9 Å². The number of primary amides is 1. The first kappa shape index (κ1) is 21.5. The molecule has 0 saturated carbocycles. The van der Waals surface area contributed by atoms with E-state index in [2.05, 4.69) is 4.90 Å². The monoisotopic (exact) mass is 446 g/mol. The number of nitrogens with two attached hydrogens (primary N) is 1. The number of alkyl halides is 3. The lowest BCUT2D eigenvalue weighted by molar-refractivity contribution is -0.137. The molecule has 1 heterocycles. The van der Waals surface area contributed by atoms with Crippen molar-refractivity contribution in [1.82, 2.24) is 0 Å². The number of carbonyl (C=O) groups excluding carboxylic acids is 1. The number of aryl methyl sites for hydroxylation is 1. The van der Waals surface area contributed by atoms with Crippen LogP contribution < -0.4 is 10.6 Å². The molecule has 1 aliphatic heterocycles. The molecule has 2 aliphatic rings. The standard InChI is InChI=1S/C24H22ClF3N2O/c25-20-14-19(24(26,27)28)7-6-17(20)15-30-12-4-5-16-13-18(8-9-21(16)30)23(22(29)31)10-2-1-3-11-23/h1-3,6-10,13-14H,4-5,11-12,15H2,(H2,29,31). The van der Waals surface area contributed by atoms with Gasteiger partial charge in [0.15, 0.2) is 0 Å². The minimum atomic E-state index is -4.42. The SMILES string of the molecule is NC(=O)C1(c2ccc3c(c2)CCCN3Cc2ccc(C(F)(F)F)cc2Cl)C=CC=CC1. The number of rotatable bonds is 4. The first-order chi connectivity index (χ1) is 14.7. The third kappa shape index (κ3) is 4.09. The van der Waals surface area contributed by atoms with Gasteiger partial charge in [-0.25, -0.2) is 0 Å². The molecule has 0 radical (unpaired) electrons. The quantitative estimate of drug-likeness (QED) is 0.669. The zero-order chi connectivity index (χ0) is 22.2. The molecule has 0 aromatic heterocycles. The van der Waals surface area contributed by atoms with E-state index in [4.69, 9.17) is 17.3 Å². The predicted molar refractivity (Wildman–Crippen MR) is 116 cm³/mol. The van der Waals surface area contributed by atoms with Crippen LogP contribution in [0, 0.1) is 0 Å². The fraction of sp³-hybridized carbons (Fsp3) is 0.292. The summed E-state index contributed by atoms with van der Waals surface area (Å²) < 4.78 is 38.8. The number of anilines is 1. The molecule has 3 nitrogen and oxygen atoms in total. The van der Waals surface area contributed by atoms with Crippen LogP contribution in [0.3, 0.4) is 0 Å². The van der Waals surface area contributed by atoms with Crippen LogP contribution in [0.15, 0.2) is 60.7 Å². The fourth-order valence-corrected chi connectivity index (χ4v) is 4.57. The van der Waals surface area contributed by atoms with E-state index in [-0.39, 0.29) is 5.02 Å². The van der Waals surface area contributed by atoms with Gasteiger partial charge >= 0.3 is 6.18 Å². The molecule has 2 aromatic carbocycles. The molecule has 0 fully saturated rings. The van der Waals surface area contributed by atoms with E-state index >= 15 is 0 Å². The maximum Gasteiger partial charge on any atom is 0.416 e. The Balaban J connectivity index is 1.63. The van der Waals surface area contributed by atoms with E-state index in [1.165, 1.54) is 6.07 Å². The second kappa shape index (κ2) is 8.08. The lowest BCUT2D eigenvalue weighted by atomic mass is 9.74. The Morgan fingerprint density at radius 3 is 2.61 bits per heavy atom. The molecule has 0 spiro atoms. The largest absolute Gasteiger partial charge is 0.416 e. The summed E-state index contributed by atoms with van der Waals surface area (Å²) in [4.78, 5) is 14.4. The summed E-state index contributed by atoms with van der Waals surface area (Å²) >= 11 is 6.17. The van der Waals surface area contributed by atoms with Gasteiger partial charge < -0.3 is 10.6 Å². The topological polar surface area (TPSA) is 46.3 Å². The summed E-state index contributed by atoms with van der Waals surface area (Å²) in [6.07, 6.45) is 5.37. The summed E-state index contributed by atoms with van der Waals surface area (Å²) in [5.74, 6) is -0.391. The maximum absolute atomic E-state index is 12.9.